The third-order valence-corrected chi connectivity index (χ3v) is 15.5. The molecular formula is C60H84ClN9O9. The SMILES string of the molecule is C/C=C/C[C@@H]1NC(=O)[C@H](CC(C)C)N2C=C(C)C[C@@H](C2=O)N(C)C(=O)[C@H](C)NC(=O)[C@H](Cc2ccc3c(c2)N=C(C)CC(C)(C)O3)NC(=O)[C@H](CC(C)C)N(C)C(=O)[C@H](Cc2cn(C(C)(C)[C@H](O)CCl)c3ccccc23)NC1=O. The van der Waals surface area contributed by atoms with Crippen LogP contribution in [0.25, 0.3) is 10.9 Å². The minimum absolute atomic E-state index is 0.0194. The molecule has 79 heavy (non-hydrogen) atoms. The van der Waals surface area contributed by atoms with Crippen LogP contribution >= 0.6 is 11.6 Å². The first-order valence-corrected chi connectivity index (χ1v) is 28.2. The number of nitrogens with zero attached hydrogens (tertiary/aromatic N) is 5. The van der Waals surface area contributed by atoms with Crippen molar-refractivity contribution in [3.8, 4) is 5.75 Å². The van der Waals surface area contributed by atoms with Gasteiger partial charge in [-0.15, -0.1) is 11.6 Å². The second kappa shape index (κ2) is 25.7. The van der Waals surface area contributed by atoms with Gasteiger partial charge in [-0.05, 0) is 122 Å². The molecule has 0 spiro atoms. The first kappa shape index (κ1) is 61.7. The van der Waals surface area contributed by atoms with E-state index in [9.17, 15) is 24.3 Å². The number of ether oxygens (including phenoxy) is 1. The molecule has 430 valence electrons. The zero-order valence-corrected chi connectivity index (χ0v) is 49.4. The lowest BCUT2D eigenvalue weighted by atomic mass is 9.95. The molecule has 2 aromatic carbocycles. The maximum Gasteiger partial charge on any atom is 0.250 e. The summed E-state index contributed by atoms with van der Waals surface area (Å²) in [5.74, 6) is -4.19. The maximum absolute atomic E-state index is 15.5. The molecule has 3 aliphatic rings. The summed E-state index contributed by atoms with van der Waals surface area (Å²) in [6.07, 6.45) is 6.88. The number of likely N-dealkylation sites (N-methyl/N-ethyl adjacent to an activating group) is 2. The van der Waals surface area contributed by atoms with Crippen LogP contribution in [0, 0.1) is 11.8 Å². The van der Waals surface area contributed by atoms with Crippen molar-refractivity contribution < 1.29 is 43.4 Å². The van der Waals surface area contributed by atoms with Gasteiger partial charge in [0.25, 0.3) is 0 Å². The number of amides is 7. The van der Waals surface area contributed by atoms with Crippen molar-refractivity contribution in [3.63, 3.8) is 0 Å². The number of allylic oxidation sites excluding steroid dienone is 1. The van der Waals surface area contributed by atoms with Gasteiger partial charge < -0.3 is 50.4 Å². The molecule has 8 atom stereocenters. The Hall–Kier alpha value is -6.53. The number of aliphatic imine (C=N–C) groups is 1. The lowest BCUT2D eigenvalue weighted by molar-refractivity contribution is -0.149. The zero-order valence-electron chi connectivity index (χ0n) is 48.6. The highest BCUT2D eigenvalue weighted by Crippen LogP contribution is 2.37. The average molecular weight is 1110 g/mol. The predicted molar refractivity (Wildman–Crippen MR) is 308 cm³/mol. The van der Waals surface area contributed by atoms with Gasteiger partial charge in [-0.3, -0.25) is 38.6 Å². The summed E-state index contributed by atoms with van der Waals surface area (Å²) in [5, 5.41) is 23.6. The van der Waals surface area contributed by atoms with Crippen LogP contribution in [-0.4, -0.2) is 145 Å². The van der Waals surface area contributed by atoms with Gasteiger partial charge in [-0.2, -0.15) is 0 Å². The highest BCUT2D eigenvalue weighted by atomic mass is 35.5. The number of fused-ring (bicyclic) bond motifs is 4. The number of hydrogen-bond donors (Lipinski definition) is 5. The van der Waals surface area contributed by atoms with Crippen LogP contribution in [0.1, 0.15) is 126 Å². The summed E-state index contributed by atoms with van der Waals surface area (Å²) in [5.41, 5.74) is 2.66. The van der Waals surface area contributed by atoms with Gasteiger partial charge in [0.2, 0.25) is 41.4 Å². The van der Waals surface area contributed by atoms with Crippen molar-refractivity contribution in [3.05, 3.63) is 83.7 Å². The standard InChI is InChI=1S/C60H84ClN9O9/c1-15-16-20-42-52(72)66-45(29-40-33-70(60(11,12)51(71)31-61)46-21-18-17-19-41(40)46)57(77)67(13)47(24-34(2)3)54(74)65-44(28-39-22-23-50-43(27-39)62-37(7)30-59(9,10)79-50)53(73)63-38(8)56(76)68(14)49-26-36(6)32-69(58(49)78)48(25-35(4)5)55(75)64-42/h15-19,21-23,27,32-35,38,42,44-45,47-49,51,71H,20,24-26,28-31H2,1-14H3,(H,63,73)(H,64,75)(H,65,74)(H,66,72)/b16-15+/t38-,42-,44-,45-,47-,48-,49-,51+/m0/s1. The van der Waals surface area contributed by atoms with E-state index in [1.54, 1.807) is 50.4 Å². The van der Waals surface area contributed by atoms with Crippen molar-refractivity contribution in [2.45, 2.75) is 188 Å². The lowest BCUT2D eigenvalue weighted by Crippen LogP contribution is -2.60. The Balaban J connectivity index is 1.51. The molecule has 6 rings (SSSR count). The quantitative estimate of drug-likeness (QED) is 0.0917. The Morgan fingerprint density at radius 1 is 0.810 bits per heavy atom. The average Bonchev–Trinajstić information content (AvgIpc) is 3.99. The predicted octanol–water partition coefficient (Wildman–Crippen LogP) is 6.60. The highest BCUT2D eigenvalue weighted by molar-refractivity contribution is 6.18. The van der Waals surface area contributed by atoms with E-state index in [2.05, 4.69) is 21.3 Å². The number of benzene rings is 2. The van der Waals surface area contributed by atoms with Gasteiger partial charge in [-0.25, -0.2) is 0 Å². The normalized spacial score (nSPS) is 24.8. The number of carbonyl (C=O) groups is 7. The topological polar surface area (TPSA) is 224 Å². The number of carbonyl (C=O) groups excluding carboxylic acids is 7. The fourth-order valence-electron chi connectivity index (χ4n) is 10.9. The Bertz CT molecular complexity index is 2870. The fourth-order valence-corrected chi connectivity index (χ4v) is 11.2. The summed E-state index contributed by atoms with van der Waals surface area (Å²) in [7, 11) is 2.97. The van der Waals surface area contributed by atoms with Crippen LogP contribution in [0.5, 0.6) is 5.75 Å². The van der Waals surface area contributed by atoms with Crippen LogP contribution in [0.2, 0.25) is 0 Å². The number of aromatic nitrogens is 1. The molecule has 0 radical (unpaired) electrons. The molecule has 0 saturated carbocycles. The van der Waals surface area contributed by atoms with E-state index in [4.69, 9.17) is 21.3 Å². The molecule has 4 heterocycles. The van der Waals surface area contributed by atoms with Crippen LogP contribution in [-0.2, 0) is 51.9 Å². The van der Waals surface area contributed by atoms with Crippen molar-refractivity contribution in [1.82, 2.24) is 40.5 Å². The molecule has 18 nitrogen and oxygen atoms in total. The minimum atomic E-state index is -1.35. The summed E-state index contributed by atoms with van der Waals surface area (Å²) >= 11 is 6.24. The van der Waals surface area contributed by atoms with Crippen molar-refractivity contribution in [2.24, 2.45) is 16.8 Å². The summed E-state index contributed by atoms with van der Waals surface area (Å²) < 4.78 is 8.24. The smallest absolute Gasteiger partial charge is 0.250 e. The van der Waals surface area contributed by atoms with Gasteiger partial charge in [0.15, 0.2) is 0 Å². The third-order valence-electron chi connectivity index (χ3n) is 15.2. The number of alkyl halides is 1. The maximum atomic E-state index is 15.5. The first-order chi connectivity index (χ1) is 37.1. The minimum Gasteiger partial charge on any atom is -0.485 e. The van der Waals surface area contributed by atoms with Crippen molar-refractivity contribution in [2.75, 3.05) is 20.0 Å². The van der Waals surface area contributed by atoms with Crippen LogP contribution in [0.15, 0.2) is 77.6 Å². The number of aliphatic hydroxyl groups excluding tert-OH is 1. The fraction of sp³-hybridized carbons (Fsp3) is 0.567. The summed E-state index contributed by atoms with van der Waals surface area (Å²) in [6, 6.07) is 4.41. The summed E-state index contributed by atoms with van der Waals surface area (Å²) in [6.45, 7) is 22.3. The van der Waals surface area contributed by atoms with E-state index in [1.807, 2.05) is 97.3 Å². The summed E-state index contributed by atoms with van der Waals surface area (Å²) in [4.78, 5) is 113. The Morgan fingerprint density at radius 3 is 2.09 bits per heavy atom. The molecule has 19 heteroatoms. The molecular weight excluding hydrogens is 1030 g/mol. The van der Waals surface area contributed by atoms with Crippen molar-refractivity contribution in [1.29, 1.82) is 0 Å². The monoisotopic (exact) mass is 1110 g/mol. The van der Waals surface area contributed by atoms with E-state index >= 15 is 14.4 Å². The van der Waals surface area contributed by atoms with Crippen LogP contribution in [0.4, 0.5) is 5.69 Å². The molecule has 2 bridgehead atoms. The molecule has 1 fully saturated rings. The van der Waals surface area contributed by atoms with Crippen LogP contribution in [0.3, 0.4) is 0 Å². The van der Waals surface area contributed by atoms with Crippen molar-refractivity contribution >= 4 is 75.3 Å². The van der Waals surface area contributed by atoms with E-state index in [-0.39, 0.29) is 56.2 Å². The van der Waals surface area contributed by atoms with E-state index < -0.39 is 101 Å². The highest BCUT2D eigenvalue weighted by Gasteiger charge is 2.43. The number of halogens is 1. The van der Waals surface area contributed by atoms with Gasteiger partial charge in [-0.1, -0.05) is 69.7 Å². The molecule has 7 amide bonds. The zero-order chi connectivity index (χ0) is 58.4. The van der Waals surface area contributed by atoms with Gasteiger partial charge in [0.05, 0.1) is 17.5 Å². The number of hydrogen-bond acceptors (Lipinski definition) is 10. The molecule has 1 saturated heterocycles. The van der Waals surface area contributed by atoms with Gasteiger partial charge in [0, 0.05) is 62.4 Å². The van der Waals surface area contributed by atoms with E-state index in [0.717, 1.165) is 16.6 Å². The lowest BCUT2D eigenvalue weighted by Gasteiger charge is -2.39. The van der Waals surface area contributed by atoms with E-state index in [0.29, 0.717) is 34.6 Å². The Kier molecular flexibility index (Phi) is 20.1. The molecule has 3 aromatic rings. The molecule has 3 aliphatic heterocycles. The number of rotatable bonds is 13. The Morgan fingerprint density at radius 2 is 1.43 bits per heavy atom. The van der Waals surface area contributed by atoms with Gasteiger partial charge >= 0.3 is 0 Å². The third kappa shape index (κ3) is 14.6. The number of aliphatic hydroxyl groups is 1. The van der Waals surface area contributed by atoms with E-state index in [1.165, 1.54) is 35.7 Å². The second-order valence-corrected chi connectivity index (χ2v) is 24.1. The largest absolute Gasteiger partial charge is 0.485 e. The number of nitrogens with one attached hydrogen (secondary N) is 4. The Labute approximate surface area is 471 Å². The second-order valence-electron chi connectivity index (χ2n) is 23.8. The molecule has 1 aromatic heterocycles. The van der Waals surface area contributed by atoms with Gasteiger partial charge in [0.1, 0.15) is 59.3 Å². The van der Waals surface area contributed by atoms with Crippen LogP contribution < -0.4 is 26.0 Å². The molecule has 0 aliphatic carbocycles. The number of para-hydroxylation sites is 1. The molecule has 0 unspecified atom stereocenters. The first-order valence-electron chi connectivity index (χ1n) is 27.6. The molecule has 5 N–H and O–H groups in total.